The number of anilines is 2. The average molecular weight is 384 g/mol. The Morgan fingerprint density at radius 1 is 1.00 bits per heavy atom. The fourth-order valence-corrected chi connectivity index (χ4v) is 3.62. The van der Waals surface area contributed by atoms with Crippen LogP contribution in [0.15, 0.2) is 24.4 Å². The van der Waals surface area contributed by atoms with Crippen LogP contribution in [0.4, 0.5) is 11.8 Å². The van der Waals surface area contributed by atoms with Gasteiger partial charge in [-0.2, -0.15) is 4.98 Å². The number of nitrogens with zero attached hydrogens (tertiary/aromatic N) is 6. The minimum Gasteiger partial charge on any atom is -0.481 e. The molecule has 0 saturated carbocycles. The smallest absolute Gasteiger partial charge is 0.227 e. The Morgan fingerprint density at radius 2 is 1.79 bits per heavy atom. The van der Waals surface area contributed by atoms with Crippen LogP contribution >= 0.6 is 0 Å². The van der Waals surface area contributed by atoms with Gasteiger partial charge < -0.3 is 19.3 Å². The SMILES string of the molecule is COc1ccc(CN2CCN(c3nc(C)cc(N4CCOCC4)n3)CC2)cn1. The molecule has 2 aromatic rings. The molecule has 0 aliphatic carbocycles. The third kappa shape index (κ3) is 4.51. The van der Waals surface area contributed by atoms with Crippen molar-refractivity contribution in [2.45, 2.75) is 13.5 Å². The minimum absolute atomic E-state index is 0.654. The van der Waals surface area contributed by atoms with Crippen LogP contribution in [-0.2, 0) is 11.3 Å². The number of rotatable bonds is 5. The van der Waals surface area contributed by atoms with Crippen LogP contribution in [0.25, 0.3) is 0 Å². The Bertz CT molecular complexity index is 771. The number of hydrogen-bond donors (Lipinski definition) is 0. The Hall–Kier alpha value is -2.45. The highest BCUT2D eigenvalue weighted by molar-refractivity contribution is 5.46. The zero-order valence-electron chi connectivity index (χ0n) is 16.7. The van der Waals surface area contributed by atoms with Gasteiger partial charge in [0.2, 0.25) is 11.8 Å². The summed E-state index contributed by atoms with van der Waals surface area (Å²) in [7, 11) is 1.64. The minimum atomic E-state index is 0.654. The van der Waals surface area contributed by atoms with Crippen molar-refractivity contribution < 1.29 is 9.47 Å². The number of ether oxygens (including phenoxy) is 2. The lowest BCUT2D eigenvalue weighted by atomic mass is 10.2. The van der Waals surface area contributed by atoms with Crippen molar-refractivity contribution in [3.05, 3.63) is 35.7 Å². The summed E-state index contributed by atoms with van der Waals surface area (Å²) >= 11 is 0. The van der Waals surface area contributed by atoms with Gasteiger partial charge in [-0.25, -0.2) is 9.97 Å². The molecule has 2 aliphatic heterocycles. The Labute approximate surface area is 166 Å². The zero-order valence-corrected chi connectivity index (χ0v) is 16.7. The summed E-state index contributed by atoms with van der Waals surface area (Å²) in [6, 6.07) is 6.07. The van der Waals surface area contributed by atoms with Crippen molar-refractivity contribution >= 4 is 11.8 Å². The van der Waals surface area contributed by atoms with Gasteiger partial charge in [0.05, 0.1) is 20.3 Å². The molecule has 0 radical (unpaired) electrons. The van der Waals surface area contributed by atoms with Crippen molar-refractivity contribution in [2.24, 2.45) is 0 Å². The van der Waals surface area contributed by atoms with Gasteiger partial charge in [0.1, 0.15) is 5.82 Å². The molecule has 0 spiro atoms. The molecule has 0 bridgehead atoms. The van der Waals surface area contributed by atoms with Gasteiger partial charge in [-0.15, -0.1) is 0 Å². The fraction of sp³-hybridized carbons (Fsp3) is 0.550. The molecule has 4 rings (SSSR count). The molecular formula is C20H28N6O2. The van der Waals surface area contributed by atoms with Gasteiger partial charge in [0, 0.05) is 69.8 Å². The van der Waals surface area contributed by atoms with Crippen molar-refractivity contribution in [3.8, 4) is 5.88 Å². The molecule has 2 fully saturated rings. The molecule has 0 unspecified atom stereocenters. The van der Waals surface area contributed by atoms with Crippen LogP contribution in [0.3, 0.4) is 0 Å². The summed E-state index contributed by atoms with van der Waals surface area (Å²) in [6.07, 6.45) is 1.89. The quantitative estimate of drug-likeness (QED) is 0.765. The predicted molar refractivity (Wildman–Crippen MR) is 108 cm³/mol. The summed E-state index contributed by atoms with van der Waals surface area (Å²) in [6.45, 7) is 10.1. The first-order valence-corrected chi connectivity index (χ1v) is 9.86. The van der Waals surface area contributed by atoms with Crippen molar-refractivity contribution in [1.82, 2.24) is 19.9 Å². The second-order valence-corrected chi connectivity index (χ2v) is 7.24. The first kappa shape index (κ1) is 18.9. The third-order valence-electron chi connectivity index (χ3n) is 5.23. The molecule has 8 heteroatoms. The lowest BCUT2D eigenvalue weighted by molar-refractivity contribution is 0.122. The second kappa shape index (κ2) is 8.70. The van der Waals surface area contributed by atoms with Gasteiger partial charge in [0.25, 0.3) is 0 Å². The number of methoxy groups -OCH3 is 1. The highest BCUT2D eigenvalue weighted by Gasteiger charge is 2.21. The van der Waals surface area contributed by atoms with Crippen LogP contribution in [-0.4, -0.2) is 79.4 Å². The Kier molecular flexibility index (Phi) is 5.87. The van der Waals surface area contributed by atoms with Crippen LogP contribution in [0.2, 0.25) is 0 Å². The maximum atomic E-state index is 5.46. The number of piperazine rings is 1. The largest absolute Gasteiger partial charge is 0.481 e. The highest BCUT2D eigenvalue weighted by Crippen LogP contribution is 2.20. The predicted octanol–water partition coefficient (Wildman–Crippen LogP) is 1.35. The maximum Gasteiger partial charge on any atom is 0.227 e. The monoisotopic (exact) mass is 384 g/mol. The summed E-state index contributed by atoms with van der Waals surface area (Å²) in [5, 5.41) is 0. The molecular weight excluding hydrogens is 356 g/mol. The van der Waals surface area contributed by atoms with E-state index in [-0.39, 0.29) is 0 Å². The Morgan fingerprint density at radius 3 is 2.46 bits per heavy atom. The molecule has 8 nitrogen and oxygen atoms in total. The number of morpholine rings is 1. The van der Waals surface area contributed by atoms with E-state index < -0.39 is 0 Å². The van der Waals surface area contributed by atoms with E-state index in [0.717, 1.165) is 76.5 Å². The van der Waals surface area contributed by atoms with Crippen molar-refractivity contribution in [2.75, 3.05) is 69.4 Å². The number of hydrogen-bond acceptors (Lipinski definition) is 8. The molecule has 150 valence electrons. The molecule has 0 atom stereocenters. The molecule has 2 aliphatic rings. The van der Waals surface area contributed by atoms with Crippen LogP contribution in [0.5, 0.6) is 5.88 Å². The second-order valence-electron chi connectivity index (χ2n) is 7.24. The van der Waals surface area contributed by atoms with E-state index in [0.29, 0.717) is 5.88 Å². The lowest BCUT2D eigenvalue weighted by Gasteiger charge is -2.35. The van der Waals surface area contributed by atoms with Gasteiger partial charge in [-0.1, -0.05) is 6.07 Å². The number of aromatic nitrogens is 3. The van der Waals surface area contributed by atoms with Crippen molar-refractivity contribution in [3.63, 3.8) is 0 Å². The summed E-state index contributed by atoms with van der Waals surface area (Å²) in [4.78, 5) is 20.9. The molecule has 2 aromatic heterocycles. The van der Waals surface area contributed by atoms with E-state index >= 15 is 0 Å². The average Bonchev–Trinajstić information content (AvgIpc) is 2.75. The number of aryl methyl sites for hydroxylation is 1. The van der Waals surface area contributed by atoms with Gasteiger partial charge in [-0.05, 0) is 12.5 Å². The van der Waals surface area contributed by atoms with E-state index in [1.54, 1.807) is 7.11 Å². The Balaban J connectivity index is 1.37. The molecule has 4 heterocycles. The van der Waals surface area contributed by atoms with Gasteiger partial charge in [0.15, 0.2) is 0 Å². The van der Waals surface area contributed by atoms with E-state index in [4.69, 9.17) is 19.4 Å². The maximum absolute atomic E-state index is 5.46. The molecule has 28 heavy (non-hydrogen) atoms. The van der Waals surface area contributed by atoms with E-state index in [1.165, 1.54) is 5.56 Å². The van der Waals surface area contributed by atoms with Crippen LogP contribution in [0.1, 0.15) is 11.3 Å². The van der Waals surface area contributed by atoms with Gasteiger partial charge in [-0.3, -0.25) is 4.90 Å². The van der Waals surface area contributed by atoms with Crippen molar-refractivity contribution in [1.29, 1.82) is 0 Å². The first-order valence-electron chi connectivity index (χ1n) is 9.86. The van der Waals surface area contributed by atoms with E-state index in [1.807, 2.05) is 19.2 Å². The summed E-state index contributed by atoms with van der Waals surface area (Å²) in [5.74, 6) is 2.51. The van der Waals surface area contributed by atoms with Crippen LogP contribution < -0.4 is 14.5 Å². The highest BCUT2D eigenvalue weighted by atomic mass is 16.5. The zero-order chi connectivity index (χ0) is 19.3. The summed E-state index contributed by atoms with van der Waals surface area (Å²) in [5.41, 5.74) is 2.22. The van der Waals surface area contributed by atoms with Gasteiger partial charge >= 0.3 is 0 Å². The molecule has 0 N–H and O–H groups in total. The standard InChI is InChI=1S/C20H28N6O2/c1-16-13-18(25-9-11-28-12-10-25)23-20(22-16)26-7-5-24(6-8-26)15-17-3-4-19(27-2)21-14-17/h3-4,13-14H,5-12,15H2,1-2H3. The van der Waals surface area contributed by atoms with E-state index in [2.05, 4.69) is 31.8 Å². The first-order chi connectivity index (χ1) is 13.7. The third-order valence-corrected chi connectivity index (χ3v) is 5.23. The van der Waals surface area contributed by atoms with E-state index in [9.17, 15) is 0 Å². The number of pyridine rings is 1. The molecule has 0 amide bonds. The lowest BCUT2D eigenvalue weighted by Crippen LogP contribution is -2.46. The normalized spacial score (nSPS) is 18.4. The fourth-order valence-electron chi connectivity index (χ4n) is 3.62. The molecule has 0 aromatic carbocycles. The topological polar surface area (TPSA) is 66.9 Å². The molecule has 2 saturated heterocycles. The van der Waals surface area contributed by atoms with Crippen LogP contribution in [0, 0.1) is 6.92 Å². The summed E-state index contributed by atoms with van der Waals surface area (Å²) < 4.78 is 10.6.